The van der Waals surface area contributed by atoms with Gasteiger partial charge in [0.25, 0.3) is 0 Å². The number of carbonyl (C=O) groups is 1. The van der Waals surface area contributed by atoms with Gasteiger partial charge in [-0.15, -0.1) is 0 Å². The number of ketones is 1. The number of benzene rings is 2. The molecule has 0 N–H and O–H groups in total. The maximum absolute atomic E-state index is 13.9. The number of pyridine rings is 1. The summed E-state index contributed by atoms with van der Waals surface area (Å²) in [6.07, 6.45) is 1.85. The highest BCUT2D eigenvalue weighted by atomic mass is 19.1. The third-order valence-corrected chi connectivity index (χ3v) is 3.52. The van der Waals surface area contributed by atoms with Gasteiger partial charge in [-0.2, -0.15) is 0 Å². The number of rotatable bonds is 3. The van der Waals surface area contributed by atoms with Gasteiger partial charge in [0.1, 0.15) is 5.82 Å². The average molecular weight is 279 g/mol. The first-order valence-electron chi connectivity index (χ1n) is 6.77. The molecule has 0 bridgehead atoms. The van der Waals surface area contributed by atoms with Crippen molar-refractivity contribution in [2.45, 2.75) is 13.3 Å². The lowest BCUT2D eigenvalue weighted by Crippen LogP contribution is -2.07. The number of hydrogen-bond acceptors (Lipinski definition) is 2. The zero-order valence-corrected chi connectivity index (χ0v) is 11.6. The number of hydrogen-bond donors (Lipinski definition) is 0. The van der Waals surface area contributed by atoms with Crippen LogP contribution in [-0.4, -0.2) is 10.8 Å². The van der Waals surface area contributed by atoms with Gasteiger partial charge in [0.05, 0.1) is 11.1 Å². The fourth-order valence-electron chi connectivity index (χ4n) is 2.42. The standard InChI is InChI=1S/C18H14FNO/c1-12-6-7-15(16(19)10-12)18(21)11-13-8-9-20-17-5-3-2-4-14(13)17/h2-10H,11H2,1H3. The van der Waals surface area contributed by atoms with Crippen LogP contribution in [0.25, 0.3) is 10.9 Å². The first-order valence-corrected chi connectivity index (χ1v) is 6.77. The van der Waals surface area contributed by atoms with E-state index in [9.17, 15) is 9.18 Å². The zero-order chi connectivity index (χ0) is 14.8. The molecule has 104 valence electrons. The molecule has 3 aromatic rings. The van der Waals surface area contributed by atoms with Crippen molar-refractivity contribution in [1.82, 2.24) is 4.98 Å². The van der Waals surface area contributed by atoms with E-state index >= 15 is 0 Å². The Labute approximate surface area is 122 Å². The number of para-hydroxylation sites is 1. The average Bonchev–Trinajstić information content (AvgIpc) is 2.47. The van der Waals surface area contributed by atoms with E-state index in [0.29, 0.717) is 0 Å². The second-order valence-electron chi connectivity index (χ2n) is 5.07. The zero-order valence-electron chi connectivity index (χ0n) is 11.6. The Morgan fingerprint density at radius 2 is 1.95 bits per heavy atom. The molecule has 0 saturated heterocycles. The predicted octanol–water partition coefficient (Wildman–Crippen LogP) is 4.11. The summed E-state index contributed by atoms with van der Waals surface area (Å²) in [7, 11) is 0. The molecule has 0 aliphatic heterocycles. The Bertz CT molecular complexity index is 821. The summed E-state index contributed by atoms with van der Waals surface area (Å²) in [5, 5.41) is 0.931. The van der Waals surface area contributed by atoms with Crippen LogP contribution in [0, 0.1) is 12.7 Å². The van der Waals surface area contributed by atoms with Crippen molar-refractivity contribution in [2.24, 2.45) is 0 Å². The first kappa shape index (κ1) is 13.4. The van der Waals surface area contributed by atoms with E-state index in [4.69, 9.17) is 0 Å². The van der Waals surface area contributed by atoms with Crippen LogP contribution in [0.15, 0.2) is 54.7 Å². The quantitative estimate of drug-likeness (QED) is 0.675. The van der Waals surface area contributed by atoms with E-state index in [1.54, 1.807) is 25.3 Å². The molecule has 1 aromatic heterocycles. The highest BCUT2D eigenvalue weighted by Crippen LogP contribution is 2.19. The van der Waals surface area contributed by atoms with Gasteiger partial charge in [-0.25, -0.2) is 4.39 Å². The van der Waals surface area contributed by atoms with Gasteiger partial charge < -0.3 is 0 Å². The van der Waals surface area contributed by atoms with Crippen molar-refractivity contribution in [3.63, 3.8) is 0 Å². The highest BCUT2D eigenvalue weighted by Gasteiger charge is 2.13. The number of fused-ring (bicyclic) bond motifs is 1. The second-order valence-corrected chi connectivity index (χ2v) is 5.07. The predicted molar refractivity (Wildman–Crippen MR) is 80.9 cm³/mol. The Morgan fingerprint density at radius 3 is 2.76 bits per heavy atom. The molecule has 2 aromatic carbocycles. The van der Waals surface area contributed by atoms with Gasteiger partial charge in [0, 0.05) is 18.0 Å². The molecule has 0 atom stereocenters. The van der Waals surface area contributed by atoms with Crippen LogP contribution in [0.2, 0.25) is 0 Å². The summed E-state index contributed by atoms with van der Waals surface area (Å²) in [6.45, 7) is 1.80. The Hall–Kier alpha value is -2.55. The maximum atomic E-state index is 13.9. The normalized spacial score (nSPS) is 10.8. The summed E-state index contributed by atoms with van der Waals surface area (Å²) in [5.41, 5.74) is 2.65. The van der Waals surface area contributed by atoms with Crippen LogP contribution in [0.1, 0.15) is 21.5 Å². The molecule has 0 fully saturated rings. The fraction of sp³-hybridized carbons (Fsp3) is 0.111. The molecule has 0 spiro atoms. The van der Waals surface area contributed by atoms with E-state index in [2.05, 4.69) is 4.98 Å². The molecule has 0 aliphatic carbocycles. The van der Waals surface area contributed by atoms with E-state index in [1.165, 1.54) is 6.07 Å². The topological polar surface area (TPSA) is 30.0 Å². The van der Waals surface area contributed by atoms with Crippen molar-refractivity contribution in [1.29, 1.82) is 0 Å². The van der Waals surface area contributed by atoms with Crippen molar-refractivity contribution < 1.29 is 9.18 Å². The number of aromatic nitrogens is 1. The van der Waals surface area contributed by atoms with Crippen molar-refractivity contribution in [3.05, 3.63) is 77.2 Å². The Kier molecular flexibility index (Phi) is 3.48. The van der Waals surface area contributed by atoms with E-state index < -0.39 is 5.82 Å². The van der Waals surface area contributed by atoms with Gasteiger partial charge >= 0.3 is 0 Å². The van der Waals surface area contributed by atoms with E-state index in [0.717, 1.165) is 22.0 Å². The molecule has 2 nitrogen and oxygen atoms in total. The number of halogens is 1. The van der Waals surface area contributed by atoms with Crippen molar-refractivity contribution in [3.8, 4) is 0 Å². The van der Waals surface area contributed by atoms with Crippen LogP contribution in [-0.2, 0) is 6.42 Å². The summed E-state index contributed by atoms with van der Waals surface area (Å²) in [4.78, 5) is 16.6. The van der Waals surface area contributed by atoms with Crippen LogP contribution in [0.5, 0.6) is 0 Å². The first-order chi connectivity index (χ1) is 10.1. The van der Waals surface area contributed by atoms with Crippen molar-refractivity contribution in [2.75, 3.05) is 0 Å². The van der Waals surface area contributed by atoms with Gasteiger partial charge in [-0.1, -0.05) is 24.3 Å². The summed E-state index contributed by atoms with van der Waals surface area (Å²) >= 11 is 0. The van der Waals surface area contributed by atoms with Crippen molar-refractivity contribution >= 4 is 16.7 Å². The molecule has 1 heterocycles. The highest BCUT2D eigenvalue weighted by molar-refractivity contribution is 5.99. The van der Waals surface area contributed by atoms with E-state index in [1.807, 2.05) is 30.3 Å². The molecule has 3 heteroatoms. The SMILES string of the molecule is Cc1ccc(C(=O)Cc2ccnc3ccccc23)c(F)c1. The minimum atomic E-state index is -0.460. The Balaban J connectivity index is 1.97. The maximum Gasteiger partial charge on any atom is 0.170 e. The van der Waals surface area contributed by atoms with Gasteiger partial charge in [-0.05, 0) is 42.3 Å². The van der Waals surface area contributed by atoms with Gasteiger partial charge in [0.15, 0.2) is 5.78 Å². The molecule has 0 saturated carbocycles. The Morgan fingerprint density at radius 1 is 1.14 bits per heavy atom. The molecule has 21 heavy (non-hydrogen) atoms. The molecular weight excluding hydrogens is 265 g/mol. The number of carbonyl (C=O) groups excluding carboxylic acids is 1. The summed E-state index contributed by atoms with van der Waals surface area (Å²) in [5.74, 6) is -0.679. The molecular formula is C18H14FNO. The minimum Gasteiger partial charge on any atom is -0.294 e. The molecule has 0 amide bonds. The van der Waals surface area contributed by atoms with E-state index in [-0.39, 0.29) is 17.8 Å². The lowest BCUT2D eigenvalue weighted by Gasteiger charge is -2.07. The van der Waals surface area contributed by atoms with Crippen LogP contribution >= 0.6 is 0 Å². The number of Topliss-reactive ketones (excluding diaryl/α,β-unsaturated/α-hetero) is 1. The van der Waals surface area contributed by atoms with Gasteiger partial charge in [-0.3, -0.25) is 9.78 Å². The van der Waals surface area contributed by atoms with Crippen LogP contribution in [0.3, 0.4) is 0 Å². The molecule has 0 radical (unpaired) electrons. The minimum absolute atomic E-state index is 0.140. The molecule has 0 unspecified atom stereocenters. The number of nitrogens with zero attached hydrogens (tertiary/aromatic N) is 1. The molecule has 3 rings (SSSR count). The van der Waals surface area contributed by atoms with Crippen LogP contribution < -0.4 is 0 Å². The third kappa shape index (κ3) is 2.68. The largest absolute Gasteiger partial charge is 0.294 e. The second kappa shape index (κ2) is 5.44. The smallest absolute Gasteiger partial charge is 0.170 e. The van der Waals surface area contributed by atoms with Gasteiger partial charge in [0.2, 0.25) is 0 Å². The monoisotopic (exact) mass is 279 g/mol. The lowest BCUT2D eigenvalue weighted by molar-refractivity contribution is 0.0989. The lowest BCUT2D eigenvalue weighted by atomic mass is 9.99. The fourth-order valence-corrected chi connectivity index (χ4v) is 2.42. The molecule has 0 aliphatic rings. The number of aryl methyl sites for hydroxylation is 1. The summed E-state index contributed by atoms with van der Waals surface area (Å²) < 4.78 is 13.9. The third-order valence-electron chi connectivity index (χ3n) is 3.52. The summed E-state index contributed by atoms with van der Waals surface area (Å²) in [6, 6.07) is 14.1. The van der Waals surface area contributed by atoms with Crippen LogP contribution in [0.4, 0.5) is 4.39 Å².